The summed E-state index contributed by atoms with van der Waals surface area (Å²) in [6.45, 7) is 4.57. The van der Waals surface area contributed by atoms with Gasteiger partial charge in [-0.25, -0.2) is 9.59 Å². The predicted octanol–water partition coefficient (Wildman–Crippen LogP) is 2.64. The van der Waals surface area contributed by atoms with E-state index >= 15 is 0 Å². The van der Waals surface area contributed by atoms with Gasteiger partial charge in [-0.05, 0) is 57.6 Å². The second-order valence-corrected chi connectivity index (χ2v) is 8.35. The molecule has 2 heterocycles. The quantitative estimate of drug-likeness (QED) is 0.557. The van der Waals surface area contributed by atoms with Crippen LogP contribution in [0.5, 0.6) is 0 Å². The zero-order chi connectivity index (χ0) is 22.7. The molecule has 0 saturated carbocycles. The Hall–Kier alpha value is -3.14. The van der Waals surface area contributed by atoms with Crippen LogP contribution >= 0.6 is 11.3 Å². The molecule has 0 radical (unpaired) electrons. The molecule has 3 rings (SSSR count). The standard InChI is InChI=1S/C21H25N3O6S/c1-4-29-21(28)17-10(2)15(11(3)23-17)20(27)30-9-14(25)24-19-16(18(22)26)12-7-5-6-8-13(12)31-19/h23H,4-9H2,1-3H3,(H2,22,26)(H,24,25). The molecule has 0 fully saturated rings. The lowest BCUT2D eigenvalue weighted by Gasteiger charge is -2.11. The van der Waals surface area contributed by atoms with Crippen LogP contribution in [-0.4, -0.2) is 42.0 Å². The molecule has 166 valence electrons. The number of ether oxygens (including phenoxy) is 2. The minimum Gasteiger partial charge on any atom is -0.461 e. The lowest BCUT2D eigenvalue weighted by Crippen LogP contribution is -2.23. The number of carbonyl (C=O) groups is 4. The molecule has 2 amide bonds. The molecule has 0 saturated heterocycles. The summed E-state index contributed by atoms with van der Waals surface area (Å²) < 4.78 is 10.1. The van der Waals surface area contributed by atoms with E-state index in [2.05, 4.69) is 10.3 Å². The van der Waals surface area contributed by atoms with Crippen LogP contribution in [-0.2, 0) is 27.1 Å². The summed E-state index contributed by atoms with van der Waals surface area (Å²) in [4.78, 5) is 52.7. The maximum Gasteiger partial charge on any atom is 0.355 e. The molecule has 9 nitrogen and oxygen atoms in total. The third kappa shape index (κ3) is 4.63. The van der Waals surface area contributed by atoms with Crippen molar-refractivity contribution in [1.82, 2.24) is 4.98 Å². The number of thiophene rings is 1. The number of hydrogen-bond acceptors (Lipinski definition) is 7. The van der Waals surface area contributed by atoms with Gasteiger partial charge >= 0.3 is 11.9 Å². The van der Waals surface area contributed by atoms with Gasteiger partial charge in [0.2, 0.25) is 0 Å². The monoisotopic (exact) mass is 447 g/mol. The number of esters is 2. The third-order valence-electron chi connectivity index (χ3n) is 5.13. The smallest absolute Gasteiger partial charge is 0.355 e. The van der Waals surface area contributed by atoms with Crippen molar-refractivity contribution in [3.63, 3.8) is 0 Å². The molecule has 10 heteroatoms. The zero-order valence-corrected chi connectivity index (χ0v) is 18.5. The number of nitrogens with two attached hydrogens (primary N) is 1. The number of nitrogens with one attached hydrogen (secondary N) is 2. The van der Waals surface area contributed by atoms with E-state index in [1.165, 1.54) is 11.3 Å². The summed E-state index contributed by atoms with van der Waals surface area (Å²) in [7, 11) is 0. The Kier molecular flexibility index (Phi) is 6.79. The highest BCUT2D eigenvalue weighted by Crippen LogP contribution is 2.37. The van der Waals surface area contributed by atoms with E-state index in [0.717, 1.165) is 36.1 Å². The molecule has 0 spiro atoms. The van der Waals surface area contributed by atoms with Crippen LogP contribution in [0.25, 0.3) is 0 Å². The first-order chi connectivity index (χ1) is 14.7. The van der Waals surface area contributed by atoms with Crippen molar-refractivity contribution < 1.29 is 28.7 Å². The van der Waals surface area contributed by atoms with Gasteiger partial charge in [-0.15, -0.1) is 11.3 Å². The summed E-state index contributed by atoms with van der Waals surface area (Å²) >= 11 is 1.34. The number of amides is 2. The lowest BCUT2D eigenvalue weighted by atomic mass is 9.95. The van der Waals surface area contributed by atoms with Crippen LogP contribution in [0, 0.1) is 13.8 Å². The average molecular weight is 448 g/mol. The predicted molar refractivity (Wildman–Crippen MR) is 115 cm³/mol. The first-order valence-electron chi connectivity index (χ1n) is 10.0. The minimum absolute atomic E-state index is 0.172. The topological polar surface area (TPSA) is 141 Å². The maximum absolute atomic E-state index is 12.5. The Morgan fingerprint density at radius 3 is 2.45 bits per heavy atom. The Morgan fingerprint density at radius 2 is 1.77 bits per heavy atom. The van der Waals surface area contributed by atoms with Crippen molar-refractivity contribution in [2.75, 3.05) is 18.5 Å². The van der Waals surface area contributed by atoms with Crippen molar-refractivity contribution in [2.24, 2.45) is 5.73 Å². The van der Waals surface area contributed by atoms with Crippen LogP contribution in [0.1, 0.15) is 72.7 Å². The van der Waals surface area contributed by atoms with E-state index in [4.69, 9.17) is 15.2 Å². The molecule has 0 bridgehead atoms. The van der Waals surface area contributed by atoms with Gasteiger partial charge in [-0.2, -0.15) is 0 Å². The van der Waals surface area contributed by atoms with Crippen LogP contribution in [0.2, 0.25) is 0 Å². The van der Waals surface area contributed by atoms with Gasteiger partial charge in [-0.1, -0.05) is 0 Å². The van der Waals surface area contributed by atoms with Gasteiger partial charge in [0, 0.05) is 10.6 Å². The Labute approximate surface area is 183 Å². The van der Waals surface area contributed by atoms with Crippen molar-refractivity contribution in [1.29, 1.82) is 0 Å². The first-order valence-corrected chi connectivity index (χ1v) is 10.8. The molecule has 31 heavy (non-hydrogen) atoms. The normalized spacial score (nSPS) is 12.7. The molecular weight excluding hydrogens is 422 g/mol. The highest BCUT2D eigenvalue weighted by Gasteiger charge is 2.26. The summed E-state index contributed by atoms with van der Waals surface area (Å²) in [6, 6.07) is 0. The van der Waals surface area contributed by atoms with Crippen LogP contribution in [0.15, 0.2) is 0 Å². The largest absolute Gasteiger partial charge is 0.461 e. The van der Waals surface area contributed by atoms with E-state index in [-0.39, 0.29) is 17.9 Å². The summed E-state index contributed by atoms with van der Waals surface area (Å²) in [5.74, 6) is -2.47. The number of aryl methyl sites for hydroxylation is 2. The number of primary amides is 1. The Morgan fingerprint density at radius 1 is 1.06 bits per heavy atom. The molecule has 0 aliphatic heterocycles. The van der Waals surface area contributed by atoms with Crippen molar-refractivity contribution in [3.05, 3.63) is 38.5 Å². The SMILES string of the molecule is CCOC(=O)c1[nH]c(C)c(C(=O)OCC(=O)Nc2sc3c(c2C(N)=O)CCCC3)c1C. The molecule has 0 aromatic carbocycles. The summed E-state index contributed by atoms with van der Waals surface area (Å²) in [6.07, 6.45) is 3.60. The van der Waals surface area contributed by atoms with Gasteiger partial charge in [0.25, 0.3) is 11.8 Å². The number of aromatic nitrogens is 1. The van der Waals surface area contributed by atoms with Crippen LogP contribution < -0.4 is 11.1 Å². The molecule has 2 aromatic rings. The number of carbonyl (C=O) groups excluding carboxylic acids is 4. The van der Waals surface area contributed by atoms with Gasteiger partial charge in [-0.3, -0.25) is 9.59 Å². The fraction of sp³-hybridized carbons (Fsp3) is 0.429. The van der Waals surface area contributed by atoms with Crippen molar-refractivity contribution in [3.8, 4) is 0 Å². The highest BCUT2D eigenvalue weighted by molar-refractivity contribution is 7.17. The second kappa shape index (κ2) is 9.34. The molecule has 1 aliphatic carbocycles. The van der Waals surface area contributed by atoms with Crippen LogP contribution in [0.4, 0.5) is 5.00 Å². The van der Waals surface area contributed by atoms with Gasteiger partial charge in [0.05, 0.1) is 17.7 Å². The zero-order valence-electron chi connectivity index (χ0n) is 17.7. The molecule has 2 aromatic heterocycles. The van der Waals surface area contributed by atoms with Crippen molar-refractivity contribution >= 4 is 40.1 Å². The number of aromatic amines is 1. The molecule has 1 aliphatic rings. The number of rotatable bonds is 7. The summed E-state index contributed by atoms with van der Waals surface area (Å²) in [5, 5.41) is 3.03. The van der Waals surface area contributed by atoms with Gasteiger partial charge < -0.3 is 25.5 Å². The fourth-order valence-corrected chi connectivity index (χ4v) is 5.05. The van der Waals surface area contributed by atoms with Crippen LogP contribution in [0.3, 0.4) is 0 Å². The number of hydrogen-bond donors (Lipinski definition) is 3. The molecule has 4 N–H and O–H groups in total. The Bertz CT molecular complexity index is 1050. The van der Waals surface area contributed by atoms with E-state index in [0.29, 0.717) is 21.8 Å². The van der Waals surface area contributed by atoms with E-state index in [1.807, 2.05) is 0 Å². The second-order valence-electron chi connectivity index (χ2n) is 7.25. The molecular formula is C21H25N3O6S. The number of H-pyrrole nitrogens is 1. The Balaban J connectivity index is 1.68. The van der Waals surface area contributed by atoms with E-state index < -0.39 is 30.4 Å². The number of fused-ring (bicyclic) bond motifs is 1. The molecule has 0 atom stereocenters. The maximum atomic E-state index is 12.5. The average Bonchev–Trinajstić information content (AvgIpc) is 3.22. The summed E-state index contributed by atoms with van der Waals surface area (Å²) in [5.41, 5.74) is 7.96. The molecule has 0 unspecified atom stereocenters. The van der Waals surface area contributed by atoms with E-state index in [1.54, 1.807) is 20.8 Å². The minimum atomic E-state index is -0.738. The highest BCUT2D eigenvalue weighted by atomic mass is 32.1. The van der Waals surface area contributed by atoms with Gasteiger partial charge in [0.1, 0.15) is 10.7 Å². The first kappa shape index (κ1) is 22.5. The fourth-order valence-electron chi connectivity index (χ4n) is 3.74. The van der Waals surface area contributed by atoms with E-state index in [9.17, 15) is 19.2 Å². The lowest BCUT2D eigenvalue weighted by molar-refractivity contribution is -0.119. The third-order valence-corrected chi connectivity index (χ3v) is 6.33. The van der Waals surface area contributed by atoms with Crippen molar-refractivity contribution in [2.45, 2.75) is 46.5 Å². The number of anilines is 1. The van der Waals surface area contributed by atoms with Gasteiger partial charge in [0.15, 0.2) is 6.61 Å².